The lowest BCUT2D eigenvalue weighted by molar-refractivity contribution is 0.449. The molecule has 0 aliphatic carbocycles. The summed E-state index contributed by atoms with van der Waals surface area (Å²) in [6.07, 6.45) is 0. The molecule has 0 atom stereocenters. The highest BCUT2D eigenvalue weighted by molar-refractivity contribution is 6.16. The molecule has 0 radical (unpaired) electrons. The lowest BCUT2D eigenvalue weighted by Crippen LogP contribution is -1.86. The quantitative estimate of drug-likeness (QED) is 0.315. The summed E-state index contributed by atoms with van der Waals surface area (Å²) < 4.78 is 0. The van der Waals surface area contributed by atoms with Crippen molar-refractivity contribution in [1.82, 2.24) is 0 Å². The van der Waals surface area contributed by atoms with Gasteiger partial charge in [-0.3, -0.25) is 0 Å². The first kappa shape index (κ1) is 14.3. The van der Waals surface area contributed by atoms with Crippen LogP contribution in [0.1, 0.15) is 5.56 Å². The van der Waals surface area contributed by atoms with Gasteiger partial charge in [0.05, 0.1) is 10.8 Å². The Balaban J connectivity index is 2.29. The fraction of sp³-hybridized carbons (Fsp3) is 0.0526. The molecule has 0 spiro atoms. The van der Waals surface area contributed by atoms with E-state index in [9.17, 15) is 25.5 Å². The Morgan fingerprint density at radius 2 is 1.04 bits per heavy atom. The van der Waals surface area contributed by atoms with Crippen LogP contribution < -0.4 is 0 Å². The molecule has 5 nitrogen and oxygen atoms in total. The third-order valence-electron chi connectivity index (χ3n) is 4.34. The summed E-state index contributed by atoms with van der Waals surface area (Å²) in [6, 6.07) is 9.00. The first-order valence-corrected chi connectivity index (χ1v) is 7.33. The molecule has 0 fully saturated rings. The molecule has 5 N–H and O–H groups in total. The maximum Gasteiger partial charge on any atom is 0.138 e. The Bertz CT molecular complexity index is 1070. The number of phenolic OH excluding ortho intramolecular Hbond substituents is 5. The number of rotatable bonds is 0. The van der Waals surface area contributed by atoms with Gasteiger partial charge in [-0.05, 0) is 59.0 Å². The number of hydrogen-bond acceptors (Lipinski definition) is 5. The molecule has 0 saturated heterocycles. The normalized spacial score (nSPS) is 11.5. The van der Waals surface area contributed by atoms with Crippen molar-refractivity contribution in [2.24, 2.45) is 0 Å². The fourth-order valence-electron chi connectivity index (χ4n) is 3.39. The summed E-state index contributed by atoms with van der Waals surface area (Å²) in [5.41, 5.74) is 0.666. The smallest absolute Gasteiger partial charge is 0.138 e. The predicted octanol–water partition coefficient (Wildman–Crippen LogP) is 3.98. The molecule has 4 rings (SSSR count). The molecule has 0 amide bonds. The zero-order valence-electron chi connectivity index (χ0n) is 12.7. The van der Waals surface area contributed by atoms with Gasteiger partial charge in [-0.1, -0.05) is 0 Å². The van der Waals surface area contributed by atoms with Crippen LogP contribution in [0.5, 0.6) is 28.7 Å². The summed E-state index contributed by atoms with van der Waals surface area (Å²) in [4.78, 5) is 0. The van der Waals surface area contributed by atoms with Crippen LogP contribution in [0.4, 0.5) is 0 Å². The Labute approximate surface area is 136 Å². The monoisotopic (exact) mass is 322 g/mol. The van der Waals surface area contributed by atoms with Gasteiger partial charge >= 0.3 is 0 Å². The molecule has 0 bridgehead atoms. The highest BCUT2D eigenvalue weighted by Gasteiger charge is 2.18. The fourth-order valence-corrected chi connectivity index (χ4v) is 3.39. The first-order chi connectivity index (χ1) is 11.4. The van der Waals surface area contributed by atoms with Gasteiger partial charge in [-0.2, -0.15) is 0 Å². The second-order valence-electron chi connectivity index (χ2n) is 5.97. The van der Waals surface area contributed by atoms with Gasteiger partial charge in [0.2, 0.25) is 0 Å². The van der Waals surface area contributed by atoms with Crippen LogP contribution >= 0.6 is 0 Å². The lowest BCUT2D eigenvalue weighted by Gasteiger charge is -2.13. The maximum absolute atomic E-state index is 10.7. The maximum atomic E-state index is 10.7. The van der Waals surface area contributed by atoms with Gasteiger partial charge in [-0.15, -0.1) is 0 Å². The molecule has 0 aliphatic heterocycles. The predicted molar refractivity (Wildman–Crippen MR) is 92.0 cm³/mol. The van der Waals surface area contributed by atoms with Crippen LogP contribution in [-0.4, -0.2) is 25.5 Å². The second-order valence-corrected chi connectivity index (χ2v) is 5.97. The minimum absolute atomic E-state index is 0.0825. The molecule has 0 saturated carbocycles. The third-order valence-corrected chi connectivity index (χ3v) is 4.34. The summed E-state index contributed by atoms with van der Waals surface area (Å²) in [6.45, 7) is 1.75. The van der Waals surface area contributed by atoms with E-state index in [0.717, 1.165) is 6.07 Å². The molecule has 0 heterocycles. The van der Waals surface area contributed by atoms with Gasteiger partial charge in [0, 0.05) is 11.5 Å². The largest absolute Gasteiger partial charge is 0.508 e. The van der Waals surface area contributed by atoms with Crippen LogP contribution in [0.15, 0.2) is 36.4 Å². The van der Waals surface area contributed by atoms with E-state index in [1.165, 1.54) is 18.2 Å². The first-order valence-electron chi connectivity index (χ1n) is 7.33. The van der Waals surface area contributed by atoms with E-state index in [4.69, 9.17) is 0 Å². The SMILES string of the molecule is Cc1cc(O)cc2cc3cc4cc(O)cc(O)c4c(O)c3c(O)c12. The van der Waals surface area contributed by atoms with Crippen LogP contribution in [0.25, 0.3) is 32.3 Å². The molecule has 120 valence electrons. The topological polar surface area (TPSA) is 101 Å². The minimum Gasteiger partial charge on any atom is -0.508 e. The van der Waals surface area contributed by atoms with Crippen molar-refractivity contribution in [3.05, 3.63) is 42.0 Å². The molecule has 4 aromatic carbocycles. The van der Waals surface area contributed by atoms with Crippen molar-refractivity contribution >= 4 is 32.3 Å². The van der Waals surface area contributed by atoms with Crippen molar-refractivity contribution < 1.29 is 25.5 Å². The number of aromatic hydroxyl groups is 5. The molecule has 0 aliphatic rings. The average Bonchev–Trinajstić information content (AvgIpc) is 2.44. The molecular formula is C19H14O5. The van der Waals surface area contributed by atoms with Gasteiger partial charge in [0.15, 0.2) is 0 Å². The van der Waals surface area contributed by atoms with Crippen molar-refractivity contribution in [3.63, 3.8) is 0 Å². The van der Waals surface area contributed by atoms with E-state index in [-0.39, 0.29) is 39.5 Å². The summed E-state index contributed by atoms with van der Waals surface area (Å²) in [5, 5.41) is 53.3. The number of phenols is 5. The molecule has 24 heavy (non-hydrogen) atoms. The number of fused-ring (bicyclic) bond motifs is 3. The van der Waals surface area contributed by atoms with E-state index in [1.807, 2.05) is 0 Å². The van der Waals surface area contributed by atoms with E-state index in [2.05, 4.69) is 0 Å². The Morgan fingerprint density at radius 3 is 1.71 bits per heavy atom. The molecule has 0 aromatic heterocycles. The molecule has 0 unspecified atom stereocenters. The van der Waals surface area contributed by atoms with E-state index in [0.29, 0.717) is 27.1 Å². The third kappa shape index (κ3) is 1.81. The van der Waals surface area contributed by atoms with Crippen molar-refractivity contribution in [3.8, 4) is 28.7 Å². The van der Waals surface area contributed by atoms with Gasteiger partial charge in [-0.25, -0.2) is 0 Å². The zero-order valence-corrected chi connectivity index (χ0v) is 12.7. The standard InChI is InChI=1S/C19H14O5/c1-8-2-12(20)5-10-3-9-4-11-6-13(21)7-14(22)16(11)19(24)17(9)18(23)15(8)10/h2-7,20-24H,1H3. The van der Waals surface area contributed by atoms with Crippen LogP contribution in [0.3, 0.4) is 0 Å². The van der Waals surface area contributed by atoms with E-state index < -0.39 is 0 Å². The minimum atomic E-state index is -0.272. The van der Waals surface area contributed by atoms with Crippen LogP contribution in [0, 0.1) is 6.92 Å². The number of aryl methyl sites for hydroxylation is 1. The summed E-state index contributed by atoms with van der Waals surface area (Å²) >= 11 is 0. The van der Waals surface area contributed by atoms with Crippen molar-refractivity contribution in [2.45, 2.75) is 6.92 Å². The summed E-state index contributed by atoms with van der Waals surface area (Å²) in [5.74, 6) is -0.693. The highest BCUT2D eigenvalue weighted by atomic mass is 16.3. The Hall–Kier alpha value is -3.34. The zero-order chi connectivity index (χ0) is 17.2. The second kappa shape index (κ2) is 4.58. The van der Waals surface area contributed by atoms with Gasteiger partial charge < -0.3 is 25.5 Å². The molecular weight excluding hydrogens is 308 g/mol. The average molecular weight is 322 g/mol. The van der Waals surface area contributed by atoms with Crippen molar-refractivity contribution in [1.29, 1.82) is 0 Å². The Morgan fingerprint density at radius 1 is 0.542 bits per heavy atom. The Kier molecular flexibility index (Phi) is 2.72. The number of hydrogen-bond donors (Lipinski definition) is 5. The van der Waals surface area contributed by atoms with Gasteiger partial charge in [0.1, 0.15) is 28.7 Å². The van der Waals surface area contributed by atoms with Crippen LogP contribution in [0.2, 0.25) is 0 Å². The van der Waals surface area contributed by atoms with Gasteiger partial charge in [0.25, 0.3) is 0 Å². The number of benzene rings is 4. The van der Waals surface area contributed by atoms with Crippen molar-refractivity contribution in [2.75, 3.05) is 0 Å². The summed E-state index contributed by atoms with van der Waals surface area (Å²) in [7, 11) is 0. The van der Waals surface area contributed by atoms with E-state index >= 15 is 0 Å². The molecule has 5 heteroatoms. The van der Waals surface area contributed by atoms with E-state index in [1.54, 1.807) is 19.1 Å². The lowest BCUT2D eigenvalue weighted by atomic mass is 9.95. The highest BCUT2D eigenvalue weighted by Crippen LogP contribution is 2.47. The van der Waals surface area contributed by atoms with Crippen LogP contribution in [-0.2, 0) is 0 Å². The molecule has 4 aromatic rings.